The van der Waals surface area contributed by atoms with Crippen LogP contribution in [0.2, 0.25) is 0 Å². The number of carbonyl (C=O) groups excluding carboxylic acids is 1. The first-order valence-electron chi connectivity index (χ1n) is 6.54. The van der Waals surface area contributed by atoms with Crippen molar-refractivity contribution in [2.24, 2.45) is 7.05 Å². The molecule has 5 heteroatoms. The summed E-state index contributed by atoms with van der Waals surface area (Å²) in [6.07, 6.45) is 1.90. The maximum absolute atomic E-state index is 12.2. The summed E-state index contributed by atoms with van der Waals surface area (Å²) in [6.45, 7) is 2.11. The van der Waals surface area contributed by atoms with Crippen molar-refractivity contribution in [2.45, 2.75) is 19.4 Å². The molecule has 0 bridgehead atoms. The lowest BCUT2D eigenvalue weighted by Crippen LogP contribution is -2.31. The van der Waals surface area contributed by atoms with Crippen molar-refractivity contribution in [3.8, 4) is 0 Å². The number of aliphatic hydroxyl groups excluding tert-OH is 1. The fourth-order valence-corrected chi connectivity index (χ4v) is 2.15. The van der Waals surface area contributed by atoms with Gasteiger partial charge in [-0.1, -0.05) is 30.3 Å². The summed E-state index contributed by atoms with van der Waals surface area (Å²) >= 11 is 0. The largest absolute Gasteiger partial charge is 0.395 e. The molecule has 1 unspecified atom stereocenters. The third kappa shape index (κ3) is 3.24. The quantitative estimate of drug-likeness (QED) is 0.858. The Bertz CT molecular complexity index is 578. The van der Waals surface area contributed by atoms with E-state index in [1.165, 1.54) is 0 Å². The normalized spacial score (nSPS) is 12.2. The first kappa shape index (κ1) is 14.3. The van der Waals surface area contributed by atoms with Gasteiger partial charge in [0.25, 0.3) is 0 Å². The first-order chi connectivity index (χ1) is 9.61. The molecule has 0 aliphatic rings. The van der Waals surface area contributed by atoms with E-state index >= 15 is 0 Å². The smallest absolute Gasteiger partial charge is 0.230 e. The number of hydrogen-bond donors (Lipinski definition) is 2. The lowest BCUT2D eigenvalue weighted by atomic mass is 9.99. The van der Waals surface area contributed by atoms with Crippen molar-refractivity contribution in [1.29, 1.82) is 0 Å². The fraction of sp³-hybridized carbons (Fsp3) is 0.333. The molecule has 0 aliphatic carbocycles. The van der Waals surface area contributed by atoms with E-state index < -0.39 is 5.92 Å². The average Bonchev–Trinajstić information content (AvgIpc) is 2.77. The number of aryl methyl sites for hydroxylation is 2. The average molecular weight is 273 g/mol. The second-order valence-electron chi connectivity index (χ2n) is 4.80. The number of amides is 1. The molecule has 1 aromatic heterocycles. The van der Waals surface area contributed by atoms with E-state index in [-0.39, 0.29) is 12.5 Å². The third-order valence-corrected chi connectivity index (χ3v) is 3.25. The molecule has 1 amide bonds. The lowest BCUT2D eigenvalue weighted by molar-refractivity contribution is -0.123. The van der Waals surface area contributed by atoms with Gasteiger partial charge < -0.3 is 10.4 Å². The van der Waals surface area contributed by atoms with E-state index in [9.17, 15) is 9.90 Å². The summed E-state index contributed by atoms with van der Waals surface area (Å²) in [6, 6.07) is 9.27. The van der Waals surface area contributed by atoms with Gasteiger partial charge in [0, 0.05) is 13.2 Å². The zero-order valence-electron chi connectivity index (χ0n) is 11.7. The van der Waals surface area contributed by atoms with Crippen LogP contribution in [0.15, 0.2) is 36.5 Å². The summed E-state index contributed by atoms with van der Waals surface area (Å²) in [5, 5.41) is 16.5. The maximum atomic E-state index is 12.2. The van der Waals surface area contributed by atoms with E-state index in [2.05, 4.69) is 10.4 Å². The molecule has 0 saturated heterocycles. The standard InChI is InChI=1S/C15H19N3O2/c1-11-9-18(2)17-14(11)8-16-15(20)13(10-19)12-6-4-3-5-7-12/h3-7,9,13,19H,8,10H2,1-2H3,(H,16,20). The number of aromatic nitrogens is 2. The van der Waals surface area contributed by atoms with Gasteiger partial charge in [-0.25, -0.2) is 0 Å². The summed E-state index contributed by atoms with van der Waals surface area (Å²) in [7, 11) is 1.85. The van der Waals surface area contributed by atoms with Crippen LogP contribution in [0.5, 0.6) is 0 Å². The Kier molecular flexibility index (Phi) is 4.53. The van der Waals surface area contributed by atoms with Crippen LogP contribution in [0.1, 0.15) is 22.7 Å². The molecular weight excluding hydrogens is 254 g/mol. The summed E-state index contributed by atoms with van der Waals surface area (Å²) in [5.74, 6) is -0.732. The fourth-order valence-electron chi connectivity index (χ4n) is 2.15. The van der Waals surface area contributed by atoms with Crippen LogP contribution in [0.4, 0.5) is 0 Å². The summed E-state index contributed by atoms with van der Waals surface area (Å²) < 4.78 is 1.72. The number of rotatable bonds is 5. The molecule has 0 fully saturated rings. The Labute approximate surface area is 118 Å². The Morgan fingerprint density at radius 3 is 2.65 bits per heavy atom. The molecule has 2 rings (SSSR count). The van der Waals surface area contributed by atoms with E-state index in [0.717, 1.165) is 16.8 Å². The Balaban J connectivity index is 2.02. The van der Waals surface area contributed by atoms with Crippen molar-refractivity contribution >= 4 is 5.91 Å². The van der Waals surface area contributed by atoms with Crippen LogP contribution in [0.3, 0.4) is 0 Å². The van der Waals surface area contributed by atoms with E-state index in [0.29, 0.717) is 6.54 Å². The van der Waals surface area contributed by atoms with Gasteiger partial charge in [-0.05, 0) is 18.1 Å². The van der Waals surface area contributed by atoms with Gasteiger partial charge in [-0.2, -0.15) is 5.10 Å². The highest BCUT2D eigenvalue weighted by Gasteiger charge is 2.19. The lowest BCUT2D eigenvalue weighted by Gasteiger charge is -2.14. The molecule has 20 heavy (non-hydrogen) atoms. The Morgan fingerprint density at radius 2 is 2.10 bits per heavy atom. The Hall–Kier alpha value is -2.14. The number of aliphatic hydroxyl groups is 1. The topological polar surface area (TPSA) is 67.2 Å². The molecule has 0 spiro atoms. The van der Waals surface area contributed by atoms with Crippen LogP contribution in [0.25, 0.3) is 0 Å². The number of carbonyl (C=O) groups is 1. The molecule has 0 saturated carbocycles. The Morgan fingerprint density at radius 1 is 1.40 bits per heavy atom. The van der Waals surface area contributed by atoms with Gasteiger partial charge in [0.15, 0.2) is 0 Å². The highest BCUT2D eigenvalue weighted by molar-refractivity contribution is 5.83. The maximum Gasteiger partial charge on any atom is 0.230 e. The van der Waals surface area contributed by atoms with E-state index in [4.69, 9.17) is 0 Å². The molecule has 2 N–H and O–H groups in total. The van der Waals surface area contributed by atoms with Gasteiger partial charge in [-0.15, -0.1) is 0 Å². The number of nitrogens with zero attached hydrogens (tertiary/aromatic N) is 2. The SMILES string of the molecule is Cc1cn(C)nc1CNC(=O)C(CO)c1ccccc1. The van der Waals surface area contributed by atoms with Crippen molar-refractivity contribution in [1.82, 2.24) is 15.1 Å². The zero-order valence-corrected chi connectivity index (χ0v) is 11.7. The van der Waals surface area contributed by atoms with Crippen molar-refractivity contribution < 1.29 is 9.90 Å². The van der Waals surface area contributed by atoms with E-state index in [1.807, 2.05) is 50.5 Å². The van der Waals surface area contributed by atoms with Gasteiger partial charge in [0.1, 0.15) is 0 Å². The highest BCUT2D eigenvalue weighted by atomic mass is 16.3. The predicted molar refractivity (Wildman–Crippen MR) is 76.1 cm³/mol. The van der Waals surface area contributed by atoms with Crippen LogP contribution in [-0.4, -0.2) is 27.4 Å². The second kappa shape index (κ2) is 6.34. The second-order valence-corrected chi connectivity index (χ2v) is 4.80. The summed E-state index contributed by atoms with van der Waals surface area (Å²) in [5.41, 5.74) is 2.68. The first-order valence-corrected chi connectivity index (χ1v) is 6.54. The van der Waals surface area contributed by atoms with Gasteiger partial charge in [0.2, 0.25) is 5.91 Å². The van der Waals surface area contributed by atoms with Crippen LogP contribution in [0, 0.1) is 6.92 Å². The van der Waals surface area contributed by atoms with Crippen LogP contribution in [-0.2, 0) is 18.4 Å². The molecule has 1 heterocycles. The molecule has 2 aromatic rings. The minimum Gasteiger partial charge on any atom is -0.395 e. The molecule has 1 atom stereocenters. The molecule has 1 aromatic carbocycles. The molecule has 106 valence electrons. The summed E-state index contributed by atoms with van der Waals surface area (Å²) in [4.78, 5) is 12.2. The molecular formula is C15H19N3O2. The van der Waals surface area contributed by atoms with Crippen molar-refractivity contribution in [3.63, 3.8) is 0 Å². The minimum atomic E-state index is -0.541. The molecule has 0 radical (unpaired) electrons. The molecule has 0 aliphatic heterocycles. The number of benzene rings is 1. The number of hydrogen-bond acceptors (Lipinski definition) is 3. The van der Waals surface area contributed by atoms with Gasteiger partial charge >= 0.3 is 0 Å². The van der Waals surface area contributed by atoms with Gasteiger partial charge in [-0.3, -0.25) is 9.48 Å². The monoisotopic (exact) mass is 273 g/mol. The van der Waals surface area contributed by atoms with E-state index in [1.54, 1.807) is 4.68 Å². The molecule has 5 nitrogen and oxygen atoms in total. The van der Waals surface area contributed by atoms with Crippen LogP contribution >= 0.6 is 0 Å². The predicted octanol–water partition coefficient (Wildman–Crippen LogP) is 1.12. The number of nitrogens with one attached hydrogen (secondary N) is 1. The minimum absolute atomic E-state index is 0.191. The third-order valence-electron chi connectivity index (χ3n) is 3.25. The van der Waals surface area contributed by atoms with Crippen LogP contribution < -0.4 is 5.32 Å². The van der Waals surface area contributed by atoms with Crippen molar-refractivity contribution in [3.05, 3.63) is 53.3 Å². The van der Waals surface area contributed by atoms with Crippen molar-refractivity contribution in [2.75, 3.05) is 6.61 Å². The zero-order chi connectivity index (χ0) is 14.5. The van der Waals surface area contributed by atoms with Gasteiger partial charge in [0.05, 0.1) is 24.8 Å². The highest BCUT2D eigenvalue weighted by Crippen LogP contribution is 2.15.